The number of hydrogen-bond acceptors (Lipinski definition) is 3. The summed E-state index contributed by atoms with van der Waals surface area (Å²) < 4.78 is 12.7. The minimum absolute atomic E-state index is 0.0611. The average Bonchev–Trinajstić information content (AvgIpc) is 2.39. The summed E-state index contributed by atoms with van der Waals surface area (Å²) in [5.74, 6) is -0.620. The number of amides is 1. The molecule has 5 heteroatoms. The molecule has 2 rings (SSSR count). The molecule has 0 radical (unpaired) electrons. The van der Waals surface area contributed by atoms with Gasteiger partial charge < -0.3 is 4.90 Å². The van der Waals surface area contributed by atoms with Crippen molar-refractivity contribution in [2.24, 2.45) is 0 Å². The molecule has 1 aliphatic rings. The van der Waals surface area contributed by atoms with Gasteiger partial charge in [-0.1, -0.05) is 6.92 Å². The number of carbonyl (C=O) groups excluding carboxylic acids is 1. The first-order valence-corrected chi connectivity index (χ1v) is 6.23. The number of halogens is 1. The highest BCUT2D eigenvalue weighted by molar-refractivity contribution is 5.94. The van der Waals surface area contributed by atoms with E-state index in [2.05, 4.69) is 23.9 Å². The fourth-order valence-corrected chi connectivity index (χ4v) is 2.26. The second-order valence-electron chi connectivity index (χ2n) is 4.66. The Labute approximate surface area is 106 Å². The van der Waals surface area contributed by atoms with Crippen LogP contribution in [0.25, 0.3) is 0 Å². The summed E-state index contributed by atoms with van der Waals surface area (Å²) in [6.45, 7) is 4.43. The maximum atomic E-state index is 12.7. The first kappa shape index (κ1) is 13.0. The number of carbonyl (C=O) groups is 1. The third-order valence-corrected chi connectivity index (χ3v) is 3.51. The third kappa shape index (κ3) is 2.67. The van der Waals surface area contributed by atoms with Crippen LogP contribution in [-0.4, -0.2) is 53.4 Å². The maximum absolute atomic E-state index is 12.7. The van der Waals surface area contributed by atoms with Gasteiger partial charge in [0.25, 0.3) is 5.91 Å². The molecule has 4 nitrogen and oxygen atoms in total. The topological polar surface area (TPSA) is 36.4 Å². The Hall–Kier alpha value is -1.49. The normalized spacial score (nSPS) is 21.1. The quantitative estimate of drug-likeness (QED) is 0.745. The summed E-state index contributed by atoms with van der Waals surface area (Å²) in [6, 6.07) is 3.11. The lowest BCUT2D eigenvalue weighted by molar-refractivity contribution is 0.0541. The zero-order valence-corrected chi connectivity index (χ0v) is 10.8. The van der Waals surface area contributed by atoms with Crippen molar-refractivity contribution in [3.8, 4) is 0 Å². The highest BCUT2D eigenvalue weighted by atomic mass is 19.1. The van der Waals surface area contributed by atoms with Gasteiger partial charge in [0.1, 0.15) is 0 Å². The lowest BCUT2D eigenvalue weighted by atomic mass is 10.1. The molecular formula is C13H18FN3O. The van der Waals surface area contributed by atoms with E-state index >= 15 is 0 Å². The van der Waals surface area contributed by atoms with E-state index in [0.29, 0.717) is 18.2 Å². The molecule has 1 aromatic heterocycles. The molecule has 1 aliphatic heterocycles. The minimum atomic E-state index is -0.559. The molecule has 98 valence electrons. The summed E-state index contributed by atoms with van der Waals surface area (Å²) >= 11 is 0. The van der Waals surface area contributed by atoms with E-state index < -0.39 is 5.95 Å². The van der Waals surface area contributed by atoms with Gasteiger partial charge in [-0.05, 0) is 25.6 Å². The molecule has 1 unspecified atom stereocenters. The van der Waals surface area contributed by atoms with Crippen LogP contribution >= 0.6 is 0 Å². The van der Waals surface area contributed by atoms with Gasteiger partial charge in [0.05, 0.1) is 5.56 Å². The summed E-state index contributed by atoms with van der Waals surface area (Å²) in [5.41, 5.74) is 0.454. The molecule has 0 bridgehead atoms. The fourth-order valence-electron chi connectivity index (χ4n) is 2.26. The van der Waals surface area contributed by atoms with E-state index in [1.807, 2.05) is 4.90 Å². The summed E-state index contributed by atoms with van der Waals surface area (Å²) in [6.07, 6.45) is 2.32. The predicted octanol–water partition coefficient (Wildman–Crippen LogP) is 1.39. The van der Waals surface area contributed by atoms with Crippen LogP contribution in [0.2, 0.25) is 0 Å². The number of likely N-dealkylation sites (N-methyl/N-ethyl adjacent to an activating group) is 1. The van der Waals surface area contributed by atoms with Gasteiger partial charge in [-0.25, -0.2) is 4.98 Å². The van der Waals surface area contributed by atoms with Gasteiger partial charge in [-0.15, -0.1) is 0 Å². The number of pyridine rings is 1. The second-order valence-corrected chi connectivity index (χ2v) is 4.66. The van der Waals surface area contributed by atoms with Crippen LogP contribution in [0.1, 0.15) is 23.7 Å². The standard InChI is InChI=1S/C13H18FN3O/c1-3-11-9-17(7-6-16(11)2)13(18)10-4-5-12(14)15-8-10/h4-5,8,11H,3,6-7,9H2,1-2H3. The van der Waals surface area contributed by atoms with E-state index in [9.17, 15) is 9.18 Å². The Morgan fingerprint density at radius 2 is 2.28 bits per heavy atom. The van der Waals surface area contributed by atoms with E-state index in [4.69, 9.17) is 0 Å². The van der Waals surface area contributed by atoms with Crippen molar-refractivity contribution in [3.05, 3.63) is 29.8 Å². The van der Waals surface area contributed by atoms with Crippen LogP contribution in [0.4, 0.5) is 4.39 Å². The monoisotopic (exact) mass is 251 g/mol. The van der Waals surface area contributed by atoms with Crippen LogP contribution in [-0.2, 0) is 0 Å². The molecule has 0 aliphatic carbocycles. The van der Waals surface area contributed by atoms with Crippen molar-refractivity contribution < 1.29 is 9.18 Å². The number of piperazine rings is 1. The average molecular weight is 251 g/mol. The predicted molar refractivity (Wildman–Crippen MR) is 66.8 cm³/mol. The fraction of sp³-hybridized carbons (Fsp3) is 0.538. The van der Waals surface area contributed by atoms with E-state index in [0.717, 1.165) is 19.5 Å². The smallest absolute Gasteiger partial charge is 0.255 e. The Bertz CT molecular complexity index is 421. The van der Waals surface area contributed by atoms with Crippen LogP contribution in [0.5, 0.6) is 0 Å². The van der Waals surface area contributed by atoms with Crippen molar-refractivity contribution in [2.75, 3.05) is 26.7 Å². The van der Waals surface area contributed by atoms with Gasteiger partial charge in [-0.3, -0.25) is 9.69 Å². The summed E-state index contributed by atoms with van der Waals surface area (Å²) in [7, 11) is 2.08. The molecule has 0 N–H and O–H groups in total. The highest BCUT2D eigenvalue weighted by Gasteiger charge is 2.26. The van der Waals surface area contributed by atoms with Gasteiger partial charge in [0, 0.05) is 31.9 Å². The third-order valence-electron chi connectivity index (χ3n) is 3.51. The Morgan fingerprint density at radius 1 is 1.50 bits per heavy atom. The number of nitrogens with zero attached hydrogens (tertiary/aromatic N) is 3. The molecular weight excluding hydrogens is 233 g/mol. The van der Waals surface area contributed by atoms with Crippen molar-refractivity contribution in [2.45, 2.75) is 19.4 Å². The van der Waals surface area contributed by atoms with E-state index in [-0.39, 0.29) is 5.91 Å². The molecule has 2 heterocycles. The van der Waals surface area contributed by atoms with Crippen molar-refractivity contribution in [3.63, 3.8) is 0 Å². The molecule has 0 saturated carbocycles. The van der Waals surface area contributed by atoms with Crippen LogP contribution in [0, 0.1) is 5.95 Å². The first-order valence-electron chi connectivity index (χ1n) is 6.23. The zero-order chi connectivity index (χ0) is 13.1. The number of aromatic nitrogens is 1. The van der Waals surface area contributed by atoms with Crippen LogP contribution < -0.4 is 0 Å². The van der Waals surface area contributed by atoms with E-state index in [1.54, 1.807) is 0 Å². The summed E-state index contributed by atoms with van der Waals surface area (Å²) in [4.78, 5) is 19.8. The molecule has 0 spiro atoms. The van der Waals surface area contributed by atoms with Crippen molar-refractivity contribution >= 4 is 5.91 Å². The Balaban J connectivity index is 2.07. The molecule has 0 aromatic carbocycles. The minimum Gasteiger partial charge on any atom is -0.336 e. The first-order chi connectivity index (χ1) is 8.61. The zero-order valence-electron chi connectivity index (χ0n) is 10.8. The maximum Gasteiger partial charge on any atom is 0.255 e. The molecule has 1 aromatic rings. The van der Waals surface area contributed by atoms with Gasteiger partial charge in [0.15, 0.2) is 0 Å². The number of hydrogen-bond donors (Lipinski definition) is 0. The van der Waals surface area contributed by atoms with Crippen molar-refractivity contribution in [1.29, 1.82) is 0 Å². The summed E-state index contributed by atoms with van der Waals surface area (Å²) in [5, 5.41) is 0. The molecule has 1 saturated heterocycles. The van der Waals surface area contributed by atoms with Crippen LogP contribution in [0.15, 0.2) is 18.3 Å². The SMILES string of the molecule is CCC1CN(C(=O)c2ccc(F)nc2)CCN1C. The molecule has 1 atom stereocenters. The number of rotatable bonds is 2. The Kier molecular flexibility index (Phi) is 3.91. The van der Waals surface area contributed by atoms with Gasteiger partial charge in [0.2, 0.25) is 5.95 Å². The van der Waals surface area contributed by atoms with Crippen LogP contribution in [0.3, 0.4) is 0 Å². The van der Waals surface area contributed by atoms with Gasteiger partial charge >= 0.3 is 0 Å². The largest absolute Gasteiger partial charge is 0.336 e. The molecule has 1 fully saturated rings. The van der Waals surface area contributed by atoms with Crippen molar-refractivity contribution in [1.82, 2.24) is 14.8 Å². The highest BCUT2D eigenvalue weighted by Crippen LogP contribution is 2.13. The molecule has 1 amide bonds. The molecule has 18 heavy (non-hydrogen) atoms. The second kappa shape index (κ2) is 5.44. The van der Waals surface area contributed by atoms with E-state index in [1.165, 1.54) is 18.3 Å². The Morgan fingerprint density at radius 3 is 2.89 bits per heavy atom. The lowest BCUT2D eigenvalue weighted by Crippen LogP contribution is -2.52. The lowest BCUT2D eigenvalue weighted by Gasteiger charge is -2.39. The van der Waals surface area contributed by atoms with Gasteiger partial charge in [-0.2, -0.15) is 4.39 Å².